The van der Waals surface area contributed by atoms with Crippen molar-refractivity contribution in [2.24, 2.45) is 0 Å². The molecule has 8 atom stereocenters. The SMILES string of the molecule is CO[C@@]1(c2scc3c(=O)[nH]cnc23)O[C@H](CO)[C@@H](O)[C@@]1(C)F.CO[C@@]1(c2scc3c(=O)[nH]cnc23)O[C@H](COC(=O)c2ccccc2)[C@@H](OC(=O)c2ccccc2)[C@@]1(C)F.N. The Labute approximate surface area is 352 Å². The molecule has 0 aliphatic carbocycles. The van der Waals surface area contributed by atoms with Crippen molar-refractivity contribution in [2.45, 2.75) is 61.2 Å². The summed E-state index contributed by atoms with van der Waals surface area (Å²) >= 11 is 2.07. The van der Waals surface area contributed by atoms with Crippen LogP contribution in [-0.2, 0) is 40.0 Å². The van der Waals surface area contributed by atoms with Crippen LogP contribution in [0.25, 0.3) is 21.8 Å². The first kappa shape index (κ1) is 45.2. The van der Waals surface area contributed by atoms with Crippen LogP contribution in [0.5, 0.6) is 0 Å². The zero-order valence-corrected chi connectivity index (χ0v) is 34.6. The predicted octanol–water partition coefficient (Wildman–Crippen LogP) is 4.42. The van der Waals surface area contributed by atoms with Crippen molar-refractivity contribution >= 4 is 56.4 Å². The lowest BCUT2D eigenvalue weighted by Gasteiger charge is -2.35. The Balaban J connectivity index is 0.000000230. The van der Waals surface area contributed by atoms with E-state index in [0.29, 0.717) is 0 Å². The summed E-state index contributed by atoms with van der Waals surface area (Å²) in [7, 11) is 2.48. The molecule has 0 amide bonds. The number of rotatable bonds is 10. The first-order valence-corrected chi connectivity index (χ1v) is 19.9. The maximum absolute atomic E-state index is 17.0. The minimum atomic E-state index is -2.50. The molecule has 0 bridgehead atoms. The van der Waals surface area contributed by atoms with Gasteiger partial charge in [0.2, 0.25) is 17.2 Å². The highest BCUT2D eigenvalue weighted by Gasteiger charge is 2.70. The lowest BCUT2D eigenvalue weighted by molar-refractivity contribution is -0.267. The number of aromatic nitrogens is 4. The molecule has 4 aromatic heterocycles. The average Bonchev–Trinajstić information content (AvgIpc) is 3.99. The molecular weight excluding hydrogens is 845 g/mol. The minimum Gasteiger partial charge on any atom is -0.459 e. The van der Waals surface area contributed by atoms with Gasteiger partial charge in [-0.25, -0.2) is 28.3 Å². The highest BCUT2D eigenvalue weighted by atomic mass is 32.1. The number of hydrogen-bond donors (Lipinski definition) is 5. The monoisotopic (exact) mass is 885 g/mol. The predicted molar refractivity (Wildman–Crippen MR) is 217 cm³/mol. The number of esters is 2. The first-order chi connectivity index (χ1) is 28.7. The molecule has 324 valence electrons. The molecule has 0 spiro atoms. The summed E-state index contributed by atoms with van der Waals surface area (Å²) in [5.74, 6) is -5.54. The van der Waals surface area contributed by atoms with E-state index in [1.54, 1.807) is 48.5 Å². The van der Waals surface area contributed by atoms with Crippen LogP contribution in [0, 0.1) is 0 Å². The number of hydrogen-bond acceptors (Lipinski definition) is 17. The zero-order chi connectivity index (χ0) is 43.0. The van der Waals surface area contributed by atoms with Gasteiger partial charge in [-0.3, -0.25) is 9.59 Å². The number of alkyl halides is 2. The van der Waals surface area contributed by atoms with E-state index in [0.717, 1.165) is 29.6 Å². The van der Waals surface area contributed by atoms with Gasteiger partial charge in [0.05, 0.1) is 61.9 Å². The van der Waals surface area contributed by atoms with Gasteiger partial charge in [0.25, 0.3) is 11.1 Å². The lowest BCUT2D eigenvalue weighted by atomic mass is 9.89. The Morgan fingerprint density at radius 1 is 0.770 bits per heavy atom. The number of nitrogens with one attached hydrogen (secondary N) is 2. The number of ether oxygens (including phenoxy) is 6. The maximum Gasteiger partial charge on any atom is 0.338 e. The molecule has 0 unspecified atom stereocenters. The number of aliphatic hydroxyl groups excluding tert-OH is 2. The number of aromatic amines is 2. The molecule has 6 aromatic rings. The second-order valence-electron chi connectivity index (χ2n) is 14.0. The fraction of sp³-hybridized carbons (Fsp3) is 0.350. The van der Waals surface area contributed by atoms with Gasteiger partial charge in [0.1, 0.15) is 24.9 Å². The average molecular weight is 886 g/mol. The number of halogens is 2. The van der Waals surface area contributed by atoms with Gasteiger partial charge in [-0.05, 0) is 38.1 Å². The minimum absolute atomic E-state index is 0. The molecule has 6 heterocycles. The topological polar surface area (TPSA) is 256 Å². The number of carbonyl (C=O) groups is 2. The summed E-state index contributed by atoms with van der Waals surface area (Å²) in [6.45, 7) is 1.30. The Bertz CT molecular complexity index is 2620. The third kappa shape index (κ3) is 7.55. The van der Waals surface area contributed by atoms with Gasteiger partial charge in [0.15, 0.2) is 11.8 Å². The number of carbonyl (C=O) groups excluding carboxylic acids is 2. The summed E-state index contributed by atoms with van der Waals surface area (Å²) in [5.41, 5.74) is -4.70. The molecular formula is C40H41F2N5O12S2. The Morgan fingerprint density at radius 2 is 1.23 bits per heavy atom. The molecule has 2 aromatic carbocycles. The van der Waals surface area contributed by atoms with E-state index in [2.05, 4.69) is 19.9 Å². The number of H-pyrrole nitrogens is 2. The van der Waals surface area contributed by atoms with Gasteiger partial charge < -0.3 is 54.8 Å². The summed E-state index contributed by atoms with van der Waals surface area (Å²) in [5, 5.41) is 22.9. The smallest absolute Gasteiger partial charge is 0.338 e. The molecule has 0 radical (unpaired) electrons. The van der Waals surface area contributed by atoms with Gasteiger partial charge >= 0.3 is 11.9 Å². The molecule has 2 aliphatic rings. The maximum atomic E-state index is 17.0. The highest BCUT2D eigenvalue weighted by molar-refractivity contribution is 7.12. The second kappa shape index (κ2) is 17.6. The van der Waals surface area contributed by atoms with E-state index < -0.39 is 78.0 Å². The molecule has 21 heteroatoms. The highest BCUT2D eigenvalue weighted by Crippen LogP contribution is 2.55. The molecule has 8 rings (SSSR count). The molecule has 7 N–H and O–H groups in total. The third-order valence-corrected chi connectivity index (χ3v) is 12.6. The standard InChI is InChI=1S/C27H23FN2O7S.C13H15FN2O5S.H3N/c1-26(28)21(36-25(33)17-11-7-4-8-12-17)19(13-35-24(32)16-9-5-3-6-10-16)37-27(26,34-2)22-20-18(14-38-22)23(31)30-15-29-20;1-12(14)9(18)7(3-17)21-13(12,20-2)10-8-6(4-22-10)11(19)16-5-15-8;/h3-12,14-15,19,21H,13H2,1-2H3,(H,29,30,31);4-5,7,9,17-18H,3H2,1-2H3,(H,15,16,19);1H3/t19-,21-,26-,27+;7-,9-,12-,13+;/m11./s1. The molecule has 2 aliphatic heterocycles. The fourth-order valence-corrected chi connectivity index (χ4v) is 9.76. The molecule has 17 nitrogen and oxygen atoms in total. The van der Waals surface area contributed by atoms with E-state index in [9.17, 15) is 29.4 Å². The zero-order valence-electron chi connectivity index (χ0n) is 33.0. The first-order valence-electron chi connectivity index (χ1n) is 18.2. The van der Waals surface area contributed by atoms with Crippen LogP contribution >= 0.6 is 22.7 Å². The van der Waals surface area contributed by atoms with Crippen LogP contribution in [-0.4, -0.2) is 105 Å². The fourth-order valence-electron chi connectivity index (χ4n) is 7.33. The van der Waals surface area contributed by atoms with Gasteiger partial charge in [-0.2, -0.15) is 0 Å². The molecule has 2 fully saturated rings. The molecule has 61 heavy (non-hydrogen) atoms. The van der Waals surface area contributed by atoms with Crippen molar-refractivity contribution in [2.75, 3.05) is 27.4 Å². The number of thiophene rings is 2. The Kier molecular flexibility index (Phi) is 13.0. The summed E-state index contributed by atoms with van der Waals surface area (Å²) < 4.78 is 66.0. The number of nitrogens with zero attached hydrogens (tertiary/aromatic N) is 2. The van der Waals surface area contributed by atoms with Crippen molar-refractivity contribution in [3.05, 3.63) is 126 Å². The van der Waals surface area contributed by atoms with E-state index in [1.165, 1.54) is 56.7 Å². The number of benzene rings is 2. The summed E-state index contributed by atoms with van der Waals surface area (Å²) in [4.78, 5) is 63.3. The number of methoxy groups -OCH3 is 2. The van der Waals surface area contributed by atoms with Crippen LogP contribution in [0.4, 0.5) is 8.78 Å². The Morgan fingerprint density at radius 3 is 1.69 bits per heavy atom. The second-order valence-corrected chi connectivity index (χ2v) is 15.8. The van der Waals surface area contributed by atoms with Gasteiger partial charge in [-0.1, -0.05) is 36.4 Å². The normalized spacial score (nSPS) is 28.2. The lowest BCUT2D eigenvalue weighted by Crippen LogP contribution is -2.51. The van der Waals surface area contributed by atoms with Crippen molar-refractivity contribution in [3.8, 4) is 0 Å². The van der Waals surface area contributed by atoms with Crippen LogP contribution < -0.4 is 17.3 Å². The Hall–Kier alpha value is -5.36. The molecule has 2 saturated heterocycles. The van der Waals surface area contributed by atoms with E-state index in [-0.39, 0.29) is 54.4 Å². The number of fused-ring (bicyclic) bond motifs is 2. The quantitative estimate of drug-likeness (QED) is 0.119. The van der Waals surface area contributed by atoms with Crippen molar-refractivity contribution in [1.82, 2.24) is 26.1 Å². The van der Waals surface area contributed by atoms with Crippen molar-refractivity contribution in [1.29, 1.82) is 0 Å². The molecule has 0 saturated carbocycles. The largest absolute Gasteiger partial charge is 0.459 e. The third-order valence-electron chi connectivity index (χ3n) is 10.5. The summed E-state index contributed by atoms with van der Waals surface area (Å²) in [6.07, 6.45) is -3.15. The van der Waals surface area contributed by atoms with Gasteiger partial charge in [0, 0.05) is 25.0 Å². The van der Waals surface area contributed by atoms with Crippen LogP contribution in [0.2, 0.25) is 0 Å². The van der Waals surface area contributed by atoms with E-state index in [4.69, 9.17) is 28.4 Å². The number of aliphatic hydroxyl groups is 2. The van der Waals surface area contributed by atoms with Gasteiger partial charge in [-0.15, -0.1) is 22.7 Å². The van der Waals surface area contributed by atoms with Crippen molar-refractivity contribution in [3.63, 3.8) is 0 Å². The van der Waals surface area contributed by atoms with Crippen LogP contribution in [0.3, 0.4) is 0 Å². The van der Waals surface area contributed by atoms with Crippen LogP contribution in [0.15, 0.2) is 93.7 Å². The van der Waals surface area contributed by atoms with E-state index in [1.807, 2.05) is 0 Å². The van der Waals surface area contributed by atoms with Crippen LogP contribution in [0.1, 0.15) is 44.3 Å². The van der Waals surface area contributed by atoms with E-state index >= 15 is 8.78 Å². The van der Waals surface area contributed by atoms with Crippen molar-refractivity contribution < 1.29 is 57.0 Å². The summed E-state index contributed by atoms with van der Waals surface area (Å²) in [6, 6.07) is 16.3.